The maximum atomic E-state index is 12.3. The van der Waals surface area contributed by atoms with Crippen LogP contribution in [0.4, 0.5) is 5.69 Å². The van der Waals surface area contributed by atoms with Crippen molar-refractivity contribution in [2.75, 3.05) is 5.32 Å². The Labute approximate surface area is 127 Å². The highest BCUT2D eigenvalue weighted by Gasteiger charge is 2.13. The van der Waals surface area contributed by atoms with Crippen molar-refractivity contribution in [1.82, 2.24) is 0 Å². The first-order valence-corrected chi connectivity index (χ1v) is 6.82. The van der Waals surface area contributed by atoms with E-state index in [0.717, 1.165) is 12.0 Å². The molecule has 0 aliphatic heterocycles. The summed E-state index contributed by atoms with van der Waals surface area (Å²) in [5.74, 6) is -1.33. The van der Waals surface area contributed by atoms with Crippen molar-refractivity contribution < 1.29 is 14.7 Å². The number of carbonyl (C=O) groups excluding carboxylic acids is 1. The number of carbonyl (C=O) groups is 2. The van der Waals surface area contributed by atoms with Gasteiger partial charge < -0.3 is 10.4 Å². The number of halogens is 1. The van der Waals surface area contributed by atoms with Crippen molar-refractivity contribution in [2.24, 2.45) is 0 Å². The third kappa shape index (κ3) is 3.41. The van der Waals surface area contributed by atoms with E-state index in [9.17, 15) is 9.59 Å². The van der Waals surface area contributed by atoms with E-state index in [0.29, 0.717) is 11.3 Å². The predicted octanol–water partition coefficient (Wildman–Crippen LogP) is 3.85. The molecule has 0 saturated heterocycles. The minimum absolute atomic E-state index is 0.0759. The standard InChI is InChI=1S/C16H14ClNO3/c1-2-10-5-3-4-6-12(10)15(19)18-14-8-7-11(16(20)21)9-13(14)17/h3-9H,2H2,1H3,(H,18,19)(H,20,21). The molecule has 2 rings (SSSR count). The minimum Gasteiger partial charge on any atom is -0.478 e. The highest BCUT2D eigenvalue weighted by molar-refractivity contribution is 6.34. The Morgan fingerprint density at radius 3 is 2.52 bits per heavy atom. The molecule has 0 aromatic heterocycles. The molecular weight excluding hydrogens is 290 g/mol. The van der Waals surface area contributed by atoms with Crippen LogP contribution in [0, 0.1) is 0 Å². The van der Waals surface area contributed by atoms with Crippen LogP contribution in [0.5, 0.6) is 0 Å². The molecular formula is C16H14ClNO3. The Bertz CT molecular complexity index is 698. The average Bonchev–Trinajstić information content (AvgIpc) is 2.48. The van der Waals surface area contributed by atoms with E-state index in [1.807, 2.05) is 19.1 Å². The molecule has 0 atom stereocenters. The first-order chi connectivity index (χ1) is 10.0. The van der Waals surface area contributed by atoms with E-state index in [2.05, 4.69) is 5.32 Å². The van der Waals surface area contributed by atoms with Crippen LogP contribution in [-0.4, -0.2) is 17.0 Å². The molecule has 0 saturated carbocycles. The Morgan fingerprint density at radius 2 is 1.90 bits per heavy atom. The van der Waals surface area contributed by atoms with Gasteiger partial charge in [0.25, 0.3) is 5.91 Å². The summed E-state index contributed by atoms with van der Waals surface area (Å²) in [6.45, 7) is 1.97. The largest absolute Gasteiger partial charge is 0.478 e. The maximum Gasteiger partial charge on any atom is 0.335 e. The number of amides is 1. The topological polar surface area (TPSA) is 66.4 Å². The molecule has 2 aromatic carbocycles. The number of nitrogens with one attached hydrogen (secondary N) is 1. The summed E-state index contributed by atoms with van der Waals surface area (Å²) in [4.78, 5) is 23.1. The van der Waals surface area contributed by atoms with Gasteiger partial charge in [0.1, 0.15) is 0 Å². The monoisotopic (exact) mass is 303 g/mol. The van der Waals surface area contributed by atoms with Gasteiger partial charge in [-0.25, -0.2) is 4.79 Å². The van der Waals surface area contributed by atoms with Crippen molar-refractivity contribution in [3.63, 3.8) is 0 Å². The fourth-order valence-corrected chi connectivity index (χ4v) is 2.22. The van der Waals surface area contributed by atoms with Crippen LogP contribution >= 0.6 is 11.6 Å². The van der Waals surface area contributed by atoms with Crippen molar-refractivity contribution in [2.45, 2.75) is 13.3 Å². The molecule has 0 unspecified atom stereocenters. The van der Waals surface area contributed by atoms with E-state index >= 15 is 0 Å². The molecule has 5 heteroatoms. The minimum atomic E-state index is -1.06. The number of hydrogen-bond acceptors (Lipinski definition) is 2. The number of carboxylic acid groups (broad SMARTS) is 1. The van der Waals surface area contributed by atoms with E-state index in [-0.39, 0.29) is 16.5 Å². The number of anilines is 1. The molecule has 4 nitrogen and oxygen atoms in total. The summed E-state index contributed by atoms with van der Waals surface area (Å²) in [5, 5.41) is 11.8. The zero-order valence-corrected chi connectivity index (χ0v) is 12.1. The lowest BCUT2D eigenvalue weighted by Crippen LogP contribution is -2.14. The summed E-state index contributed by atoms with van der Waals surface area (Å²) in [5.41, 5.74) is 1.98. The Morgan fingerprint density at radius 1 is 1.19 bits per heavy atom. The lowest BCUT2D eigenvalue weighted by Gasteiger charge is -2.10. The van der Waals surface area contributed by atoms with E-state index < -0.39 is 5.97 Å². The summed E-state index contributed by atoms with van der Waals surface area (Å²) >= 11 is 6.00. The molecule has 0 spiro atoms. The fourth-order valence-electron chi connectivity index (χ4n) is 1.99. The Balaban J connectivity index is 2.26. The molecule has 0 heterocycles. The quantitative estimate of drug-likeness (QED) is 0.901. The normalized spacial score (nSPS) is 10.2. The molecule has 0 aliphatic carbocycles. The number of rotatable bonds is 4. The molecule has 2 aromatic rings. The Hall–Kier alpha value is -2.33. The zero-order chi connectivity index (χ0) is 15.4. The molecule has 2 N–H and O–H groups in total. The van der Waals surface area contributed by atoms with E-state index in [1.165, 1.54) is 18.2 Å². The molecule has 0 fully saturated rings. The first-order valence-electron chi connectivity index (χ1n) is 6.45. The average molecular weight is 304 g/mol. The molecule has 0 radical (unpaired) electrons. The third-order valence-electron chi connectivity index (χ3n) is 3.11. The van der Waals surface area contributed by atoms with Crippen LogP contribution in [0.15, 0.2) is 42.5 Å². The highest BCUT2D eigenvalue weighted by Crippen LogP contribution is 2.24. The maximum absolute atomic E-state index is 12.3. The van der Waals surface area contributed by atoms with Gasteiger partial charge in [0.05, 0.1) is 16.3 Å². The van der Waals surface area contributed by atoms with E-state index in [1.54, 1.807) is 12.1 Å². The predicted molar refractivity (Wildman–Crippen MR) is 82.2 cm³/mol. The molecule has 1 amide bonds. The molecule has 0 aliphatic rings. The Kier molecular flexibility index (Phi) is 4.60. The zero-order valence-electron chi connectivity index (χ0n) is 11.4. The lowest BCUT2D eigenvalue weighted by molar-refractivity contribution is 0.0696. The van der Waals surface area contributed by atoms with Gasteiger partial charge in [-0.2, -0.15) is 0 Å². The van der Waals surface area contributed by atoms with E-state index in [4.69, 9.17) is 16.7 Å². The van der Waals surface area contributed by atoms with Gasteiger partial charge in [-0.1, -0.05) is 36.7 Å². The van der Waals surface area contributed by atoms with Crippen molar-refractivity contribution >= 4 is 29.2 Å². The number of aromatic carboxylic acids is 1. The van der Waals surface area contributed by atoms with Crippen molar-refractivity contribution in [3.8, 4) is 0 Å². The summed E-state index contributed by atoms with van der Waals surface area (Å²) in [6.07, 6.45) is 0.745. The molecule has 0 bridgehead atoms. The molecule has 21 heavy (non-hydrogen) atoms. The van der Waals surface area contributed by atoms with Gasteiger partial charge in [0, 0.05) is 5.56 Å². The summed E-state index contributed by atoms with van der Waals surface area (Å²) in [7, 11) is 0. The van der Waals surface area contributed by atoms with Crippen LogP contribution in [0.2, 0.25) is 5.02 Å². The second kappa shape index (κ2) is 6.41. The number of aryl methyl sites for hydroxylation is 1. The molecule has 108 valence electrons. The van der Waals surface area contributed by atoms with Gasteiger partial charge in [-0.15, -0.1) is 0 Å². The van der Waals surface area contributed by atoms with Crippen LogP contribution in [0.25, 0.3) is 0 Å². The van der Waals surface area contributed by atoms with Gasteiger partial charge in [0.15, 0.2) is 0 Å². The number of benzene rings is 2. The van der Waals surface area contributed by atoms with Gasteiger partial charge in [-0.05, 0) is 36.2 Å². The van der Waals surface area contributed by atoms with Gasteiger partial charge in [-0.3, -0.25) is 4.79 Å². The van der Waals surface area contributed by atoms with Crippen molar-refractivity contribution in [1.29, 1.82) is 0 Å². The number of carboxylic acids is 1. The van der Waals surface area contributed by atoms with Crippen LogP contribution in [-0.2, 0) is 6.42 Å². The second-order valence-corrected chi connectivity index (χ2v) is 4.87. The van der Waals surface area contributed by atoms with Crippen LogP contribution < -0.4 is 5.32 Å². The van der Waals surface area contributed by atoms with Gasteiger partial charge >= 0.3 is 5.97 Å². The van der Waals surface area contributed by atoms with Crippen molar-refractivity contribution in [3.05, 3.63) is 64.2 Å². The summed E-state index contributed by atoms with van der Waals surface area (Å²) in [6, 6.07) is 11.5. The SMILES string of the molecule is CCc1ccccc1C(=O)Nc1ccc(C(=O)O)cc1Cl. The third-order valence-corrected chi connectivity index (χ3v) is 3.42. The van der Waals surface area contributed by atoms with Gasteiger partial charge in [0.2, 0.25) is 0 Å². The second-order valence-electron chi connectivity index (χ2n) is 4.46. The summed E-state index contributed by atoms with van der Waals surface area (Å²) < 4.78 is 0. The smallest absolute Gasteiger partial charge is 0.335 e. The first kappa shape index (κ1) is 15.1. The van der Waals surface area contributed by atoms with Crippen LogP contribution in [0.1, 0.15) is 33.2 Å². The highest BCUT2D eigenvalue weighted by atomic mass is 35.5. The van der Waals surface area contributed by atoms with Crippen LogP contribution in [0.3, 0.4) is 0 Å². The lowest BCUT2D eigenvalue weighted by atomic mass is 10.0. The fraction of sp³-hybridized carbons (Fsp3) is 0.125. The number of hydrogen-bond donors (Lipinski definition) is 2.